The molecule has 0 spiro atoms. The summed E-state index contributed by atoms with van der Waals surface area (Å²) in [5.74, 6) is -0.135. The number of carbonyl (C=O) groups excluding carboxylic acids is 1. The van der Waals surface area contributed by atoms with Crippen LogP contribution in [0.4, 0.5) is 5.69 Å². The quantitative estimate of drug-likeness (QED) is 0.564. The maximum absolute atomic E-state index is 11.7. The average Bonchev–Trinajstić information content (AvgIpc) is 2.09. The molecule has 0 unspecified atom stereocenters. The highest BCUT2D eigenvalue weighted by molar-refractivity contribution is 5.96. The van der Waals surface area contributed by atoms with Crippen molar-refractivity contribution in [1.82, 2.24) is 10.4 Å². The molecule has 4 nitrogen and oxygen atoms in total. The van der Waals surface area contributed by atoms with Crippen LogP contribution >= 0.6 is 0 Å². The van der Waals surface area contributed by atoms with Gasteiger partial charge >= 0.3 is 0 Å². The molecule has 0 radical (unpaired) electrons. The summed E-state index contributed by atoms with van der Waals surface area (Å²) in [4.78, 5) is 11.7. The number of hydrogen-bond donors (Lipinski definition) is 2. The minimum atomic E-state index is -0.135. The molecule has 0 saturated carbocycles. The number of nitrogen functional groups attached to an aromatic ring is 1. The lowest BCUT2D eigenvalue weighted by Crippen LogP contribution is -2.36. The van der Waals surface area contributed by atoms with E-state index in [9.17, 15) is 4.79 Å². The first-order valence-electron chi connectivity index (χ1n) is 4.77. The molecule has 1 amide bonds. The number of nitrogens with one attached hydrogen (secondary N) is 1. The first-order valence-corrected chi connectivity index (χ1v) is 4.77. The van der Waals surface area contributed by atoms with Crippen molar-refractivity contribution in [3.63, 3.8) is 0 Å². The van der Waals surface area contributed by atoms with Crippen LogP contribution in [0.5, 0.6) is 0 Å². The molecule has 0 fully saturated rings. The van der Waals surface area contributed by atoms with Crippen molar-refractivity contribution < 1.29 is 4.79 Å². The molecule has 1 aromatic carbocycles. The molecule has 0 bridgehead atoms. The van der Waals surface area contributed by atoms with Crippen LogP contribution in [0.25, 0.3) is 0 Å². The second kappa shape index (κ2) is 4.31. The summed E-state index contributed by atoms with van der Waals surface area (Å²) in [5.41, 5.74) is 11.6. The highest BCUT2D eigenvalue weighted by Gasteiger charge is 2.10. The predicted octanol–water partition coefficient (Wildman–Crippen LogP) is 1.09. The highest BCUT2D eigenvalue weighted by atomic mass is 16.2. The number of nitrogens with two attached hydrogens (primary N) is 1. The Morgan fingerprint density at radius 3 is 2.40 bits per heavy atom. The van der Waals surface area contributed by atoms with Crippen LogP contribution < -0.4 is 11.2 Å². The van der Waals surface area contributed by atoms with Crippen molar-refractivity contribution >= 4 is 11.6 Å². The summed E-state index contributed by atoms with van der Waals surface area (Å²) < 4.78 is 0. The van der Waals surface area contributed by atoms with Crippen molar-refractivity contribution in [3.8, 4) is 0 Å². The fourth-order valence-corrected chi connectivity index (χ4v) is 1.38. The lowest BCUT2D eigenvalue weighted by Gasteiger charge is -2.14. The molecule has 1 aromatic rings. The summed E-state index contributed by atoms with van der Waals surface area (Å²) in [6.45, 7) is 3.83. The molecule has 82 valence electrons. The van der Waals surface area contributed by atoms with Crippen LogP contribution in [-0.2, 0) is 0 Å². The maximum Gasteiger partial charge on any atom is 0.265 e. The predicted molar refractivity (Wildman–Crippen MR) is 61.5 cm³/mol. The zero-order chi connectivity index (χ0) is 11.6. The molecule has 1 rings (SSSR count). The Morgan fingerprint density at radius 1 is 1.27 bits per heavy atom. The molecule has 0 aliphatic carbocycles. The number of benzene rings is 1. The van der Waals surface area contributed by atoms with E-state index in [0.29, 0.717) is 11.3 Å². The van der Waals surface area contributed by atoms with Gasteiger partial charge in [0, 0.05) is 25.3 Å². The van der Waals surface area contributed by atoms with Gasteiger partial charge in [-0.2, -0.15) is 0 Å². The van der Waals surface area contributed by atoms with E-state index in [0.717, 1.165) is 11.1 Å². The Bertz CT molecular complexity index is 386. The molecule has 15 heavy (non-hydrogen) atoms. The number of rotatable bonds is 2. The molecular weight excluding hydrogens is 190 g/mol. The Kier molecular flexibility index (Phi) is 3.31. The second-order valence-electron chi connectivity index (χ2n) is 3.86. The zero-order valence-electron chi connectivity index (χ0n) is 9.59. The smallest absolute Gasteiger partial charge is 0.265 e. The average molecular weight is 207 g/mol. The van der Waals surface area contributed by atoms with E-state index in [1.54, 1.807) is 25.2 Å². The summed E-state index contributed by atoms with van der Waals surface area (Å²) >= 11 is 0. The van der Waals surface area contributed by atoms with Gasteiger partial charge < -0.3 is 5.73 Å². The summed E-state index contributed by atoms with van der Waals surface area (Å²) in [5, 5.41) is 1.61. The van der Waals surface area contributed by atoms with Crippen molar-refractivity contribution in [2.45, 2.75) is 13.8 Å². The van der Waals surface area contributed by atoms with E-state index in [2.05, 4.69) is 5.43 Å². The summed E-state index contributed by atoms with van der Waals surface area (Å²) in [6, 6.07) is 3.63. The van der Waals surface area contributed by atoms with Gasteiger partial charge in [0.15, 0.2) is 0 Å². The molecule has 3 N–H and O–H groups in total. The van der Waals surface area contributed by atoms with Crippen molar-refractivity contribution in [2.75, 3.05) is 19.8 Å². The number of anilines is 1. The van der Waals surface area contributed by atoms with Crippen molar-refractivity contribution in [1.29, 1.82) is 0 Å². The fraction of sp³-hybridized carbons (Fsp3) is 0.364. The van der Waals surface area contributed by atoms with Crippen LogP contribution in [0.1, 0.15) is 21.5 Å². The minimum Gasteiger partial charge on any atom is -0.398 e. The van der Waals surface area contributed by atoms with E-state index in [-0.39, 0.29) is 5.91 Å². The molecule has 0 heterocycles. The van der Waals surface area contributed by atoms with Gasteiger partial charge in [0.05, 0.1) is 0 Å². The largest absolute Gasteiger partial charge is 0.398 e. The molecule has 0 aliphatic heterocycles. The lowest BCUT2D eigenvalue weighted by atomic mass is 10.0. The lowest BCUT2D eigenvalue weighted by molar-refractivity contribution is 0.0856. The fourth-order valence-electron chi connectivity index (χ4n) is 1.38. The first kappa shape index (κ1) is 11.5. The third-order valence-electron chi connectivity index (χ3n) is 2.18. The van der Waals surface area contributed by atoms with E-state index >= 15 is 0 Å². The SMILES string of the molecule is Cc1cc(C)c(C(=O)NN(C)C)cc1N. The normalized spacial score (nSPS) is 10.5. The van der Waals surface area contributed by atoms with Gasteiger partial charge in [-0.15, -0.1) is 0 Å². The molecular formula is C11H17N3O. The third-order valence-corrected chi connectivity index (χ3v) is 2.18. The Balaban J connectivity index is 3.04. The Labute approximate surface area is 90.0 Å². The van der Waals surface area contributed by atoms with Gasteiger partial charge in [0.25, 0.3) is 5.91 Å². The Morgan fingerprint density at radius 2 is 1.87 bits per heavy atom. The van der Waals surface area contributed by atoms with Gasteiger partial charge in [-0.05, 0) is 31.0 Å². The molecule has 0 aromatic heterocycles. The van der Waals surface area contributed by atoms with E-state index < -0.39 is 0 Å². The van der Waals surface area contributed by atoms with E-state index in [4.69, 9.17) is 5.73 Å². The molecule has 0 aliphatic rings. The van der Waals surface area contributed by atoms with Gasteiger partial charge in [-0.25, -0.2) is 5.01 Å². The second-order valence-corrected chi connectivity index (χ2v) is 3.86. The monoisotopic (exact) mass is 207 g/mol. The van der Waals surface area contributed by atoms with Gasteiger partial charge in [0.2, 0.25) is 0 Å². The van der Waals surface area contributed by atoms with Crippen molar-refractivity contribution in [3.05, 3.63) is 28.8 Å². The van der Waals surface area contributed by atoms with Crippen LogP contribution in [0.2, 0.25) is 0 Å². The van der Waals surface area contributed by atoms with Gasteiger partial charge in [0.1, 0.15) is 0 Å². The number of hydrazine groups is 1. The number of amides is 1. The number of aryl methyl sites for hydroxylation is 2. The van der Waals surface area contributed by atoms with E-state index in [1.807, 2.05) is 19.9 Å². The van der Waals surface area contributed by atoms with Crippen molar-refractivity contribution in [2.24, 2.45) is 0 Å². The summed E-state index contributed by atoms with van der Waals surface area (Å²) in [7, 11) is 3.54. The third kappa shape index (κ3) is 2.70. The van der Waals surface area contributed by atoms with Crippen LogP contribution in [0.15, 0.2) is 12.1 Å². The van der Waals surface area contributed by atoms with Crippen LogP contribution in [-0.4, -0.2) is 25.0 Å². The van der Waals surface area contributed by atoms with Gasteiger partial charge in [-0.1, -0.05) is 6.07 Å². The van der Waals surface area contributed by atoms with Gasteiger partial charge in [-0.3, -0.25) is 10.2 Å². The molecule has 0 atom stereocenters. The standard InChI is InChI=1S/C11H17N3O/c1-7-5-8(2)10(12)6-9(7)11(15)13-14(3)4/h5-6H,12H2,1-4H3,(H,13,15). The Hall–Kier alpha value is -1.55. The van der Waals surface area contributed by atoms with Crippen LogP contribution in [0.3, 0.4) is 0 Å². The topological polar surface area (TPSA) is 58.4 Å². The highest BCUT2D eigenvalue weighted by Crippen LogP contribution is 2.17. The van der Waals surface area contributed by atoms with E-state index in [1.165, 1.54) is 0 Å². The minimum absolute atomic E-state index is 0.135. The van der Waals surface area contributed by atoms with Crippen LogP contribution in [0, 0.1) is 13.8 Å². The summed E-state index contributed by atoms with van der Waals surface area (Å²) in [6.07, 6.45) is 0. The first-order chi connectivity index (χ1) is 6.91. The number of hydrogen-bond acceptors (Lipinski definition) is 3. The number of carbonyl (C=O) groups is 1. The number of nitrogens with zero attached hydrogens (tertiary/aromatic N) is 1. The zero-order valence-corrected chi connectivity index (χ0v) is 9.59. The molecule has 4 heteroatoms. The maximum atomic E-state index is 11.7. The molecule has 0 saturated heterocycles.